The fraction of sp³-hybridized carbons (Fsp3) is 0.105. The minimum absolute atomic E-state index is 0.0971. The lowest BCUT2D eigenvalue weighted by atomic mass is 10.1. The van der Waals surface area contributed by atoms with E-state index in [1.165, 1.54) is 12.1 Å². The molecule has 0 bridgehead atoms. The van der Waals surface area contributed by atoms with Crippen LogP contribution in [0.25, 0.3) is 6.08 Å². The van der Waals surface area contributed by atoms with Crippen LogP contribution in [0.3, 0.4) is 0 Å². The van der Waals surface area contributed by atoms with E-state index in [4.69, 9.17) is 21.7 Å². The van der Waals surface area contributed by atoms with E-state index < -0.39 is 33.0 Å². The van der Waals surface area contributed by atoms with E-state index >= 15 is 0 Å². The number of nitrogens with one attached hydrogen (secondary N) is 2. The Bertz CT molecular complexity index is 1220. The molecule has 3 rings (SSSR count). The fourth-order valence-electron chi connectivity index (χ4n) is 2.76. The Morgan fingerprint density at radius 2 is 1.73 bits per heavy atom. The Morgan fingerprint density at radius 1 is 1.06 bits per heavy atom. The molecule has 2 aromatic carbocycles. The number of halogens is 1. The number of benzene rings is 2. The third-order valence-electron chi connectivity index (χ3n) is 4.15. The highest BCUT2D eigenvalue weighted by atomic mass is 127. The monoisotopic (exact) mass is 584 g/mol. The van der Waals surface area contributed by atoms with Gasteiger partial charge in [-0.1, -0.05) is 0 Å². The number of carbonyl (C=O) groups is 2. The molecule has 2 aromatic rings. The van der Waals surface area contributed by atoms with Crippen LogP contribution < -0.4 is 20.1 Å². The van der Waals surface area contributed by atoms with Crippen LogP contribution in [-0.2, 0) is 9.59 Å². The molecule has 1 aliphatic rings. The maximum atomic E-state index is 12.1. The quantitative estimate of drug-likeness (QED) is 0.124. The van der Waals surface area contributed by atoms with Crippen LogP contribution in [0.1, 0.15) is 12.5 Å². The normalized spacial score (nSPS) is 13.2. The highest BCUT2D eigenvalue weighted by Gasteiger charge is 2.27. The summed E-state index contributed by atoms with van der Waals surface area (Å²) in [6.07, 6.45) is 1.33. The average Bonchev–Trinajstić information content (AvgIpc) is 2.73. The van der Waals surface area contributed by atoms with Crippen LogP contribution in [0.4, 0.5) is 11.4 Å². The van der Waals surface area contributed by atoms with Crippen LogP contribution in [0.2, 0.25) is 0 Å². The summed E-state index contributed by atoms with van der Waals surface area (Å²) in [5, 5.41) is 26.9. The van der Waals surface area contributed by atoms with Gasteiger partial charge in [-0.2, -0.15) is 0 Å². The van der Waals surface area contributed by atoms with Crippen LogP contribution in [0.5, 0.6) is 17.2 Å². The van der Waals surface area contributed by atoms with Crippen LogP contribution in [-0.4, -0.2) is 33.4 Å². The summed E-state index contributed by atoms with van der Waals surface area (Å²) >= 11 is 6.67. The number of hydrogen-bond donors (Lipinski definition) is 2. The van der Waals surface area contributed by atoms with Gasteiger partial charge in [-0.3, -0.25) is 40.5 Å². The third kappa shape index (κ3) is 5.40. The van der Waals surface area contributed by atoms with Gasteiger partial charge >= 0.3 is 5.69 Å². The lowest BCUT2D eigenvalue weighted by Crippen LogP contribution is -2.51. The summed E-state index contributed by atoms with van der Waals surface area (Å²) < 4.78 is 11.8. The highest BCUT2D eigenvalue weighted by Crippen LogP contribution is 2.41. The lowest BCUT2D eigenvalue weighted by molar-refractivity contribution is -0.394. The number of ether oxygens (including phenoxy) is 2. The maximum absolute atomic E-state index is 12.1. The molecule has 2 amide bonds. The topological polar surface area (TPSA) is 163 Å². The fourth-order valence-corrected chi connectivity index (χ4v) is 3.69. The van der Waals surface area contributed by atoms with Gasteiger partial charge in [0.15, 0.2) is 16.6 Å². The van der Waals surface area contributed by atoms with Gasteiger partial charge in [-0.05, 0) is 71.6 Å². The number of hydrogen-bond acceptors (Lipinski definition) is 9. The zero-order chi connectivity index (χ0) is 24.3. The van der Waals surface area contributed by atoms with Crippen molar-refractivity contribution in [3.05, 3.63) is 65.3 Å². The SMILES string of the molecule is CCOc1cc(C=C2C(=O)NC(=S)NC2=O)cc(I)c1Oc1ccc([N+](=O)[O-])cc1[N+](=O)[O-]. The van der Waals surface area contributed by atoms with Crippen molar-refractivity contribution in [3.8, 4) is 17.2 Å². The molecule has 14 heteroatoms. The molecule has 2 N–H and O–H groups in total. The van der Waals surface area contributed by atoms with Gasteiger partial charge in [0.05, 0.1) is 26.1 Å². The molecule has 1 saturated heterocycles. The van der Waals surface area contributed by atoms with Gasteiger partial charge in [-0.15, -0.1) is 0 Å². The second-order valence-corrected chi connectivity index (χ2v) is 7.90. The average molecular weight is 584 g/mol. The summed E-state index contributed by atoms with van der Waals surface area (Å²) in [5.41, 5.74) is -0.817. The summed E-state index contributed by atoms with van der Waals surface area (Å²) in [7, 11) is 0. The van der Waals surface area contributed by atoms with Crippen LogP contribution >= 0.6 is 34.8 Å². The van der Waals surface area contributed by atoms with E-state index in [0.717, 1.165) is 18.2 Å². The van der Waals surface area contributed by atoms with E-state index in [9.17, 15) is 29.8 Å². The second-order valence-electron chi connectivity index (χ2n) is 6.33. The van der Waals surface area contributed by atoms with Crippen molar-refractivity contribution in [1.82, 2.24) is 10.6 Å². The minimum atomic E-state index is -0.793. The van der Waals surface area contributed by atoms with E-state index in [1.807, 2.05) is 22.6 Å². The number of nitrogens with zero attached hydrogens (tertiary/aromatic N) is 2. The molecule has 0 atom stereocenters. The smallest absolute Gasteiger partial charge is 0.318 e. The first-order valence-corrected chi connectivity index (χ1v) is 10.5. The minimum Gasteiger partial charge on any atom is -0.490 e. The predicted molar refractivity (Wildman–Crippen MR) is 127 cm³/mol. The van der Waals surface area contributed by atoms with Gasteiger partial charge in [0.1, 0.15) is 5.57 Å². The zero-order valence-corrected chi connectivity index (χ0v) is 19.6. The summed E-state index contributed by atoms with van der Waals surface area (Å²) in [4.78, 5) is 45.0. The van der Waals surface area contributed by atoms with Crippen molar-refractivity contribution < 1.29 is 28.9 Å². The number of nitro benzene ring substituents is 2. The number of carbonyl (C=O) groups excluding carboxylic acids is 2. The van der Waals surface area contributed by atoms with Crippen LogP contribution in [0, 0.1) is 23.8 Å². The van der Waals surface area contributed by atoms with Crippen LogP contribution in [0.15, 0.2) is 35.9 Å². The van der Waals surface area contributed by atoms with E-state index in [2.05, 4.69) is 10.6 Å². The van der Waals surface area contributed by atoms with Crippen molar-refractivity contribution >= 4 is 69.2 Å². The zero-order valence-electron chi connectivity index (χ0n) is 16.6. The van der Waals surface area contributed by atoms with Gasteiger partial charge in [0.2, 0.25) is 5.75 Å². The molecule has 12 nitrogen and oxygen atoms in total. The Balaban J connectivity index is 2.04. The molecule has 1 aliphatic heterocycles. The maximum Gasteiger partial charge on any atom is 0.318 e. The molecule has 0 aromatic heterocycles. The Morgan fingerprint density at radius 3 is 2.30 bits per heavy atom. The lowest BCUT2D eigenvalue weighted by Gasteiger charge is -2.17. The first-order valence-electron chi connectivity index (χ1n) is 9.06. The molecule has 33 heavy (non-hydrogen) atoms. The molecule has 0 radical (unpaired) electrons. The molecule has 1 fully saturated rings. The standard InChI is InChI=1S/C19H13IN4O8S/c1-2-31-15-7-9(5-11-17(25)21-19(33)22-18(11)26)6-12(20)16(15)32-14-4-3-10(23(27)28)8-13(14)24(29)30/h3-8H,2H2,1H3,(H2,21,22,25,26,33). The van der Waals surface area contributed by atoms with Crippen molar-refractivity contribution in [2.45, 2.75) is 6.92 Å². The number of thiocarbonyl (C=S) groups is 1. The van der Waals surface area contributed by atoms with E-state index in [-0.39, 0.29) is 34.5 Å². The van der Waals surface area contributed by atoms with Crippen molar-refractivity contribution in [3.63, 3.8) is 0 Å². The molecular formula is C19H13IN4O8S. The molecule has 0 unspecified atom stereocenters. The highest BCUT2D eigenvalue weighted by molar-refractivity contribution is 14.1. The Hall–Kier alpha value is -3.66. The molecule has 1 heterocycles. The number of rotatable bonds is 7. The summed E-state index contributed by atoms with van der Waals surface area (Å²) in [6, 6.07) is 6.05. The molecule has 170 valence electrons. The van der Waals surface area contributed by atoms with Gasteiger partial charge in [-0.25, -0.2) is 0 Å². The second kappa shape index (κ2) is 9.86. The van der Waals surface area contributed by atoms with Crippen molar-refractivity contribution in [2.24, 2.45) is 0 Å². The predicted octanol–water partition coefficient (Wildman–Crippen LogP) is 3.21. The number of non-ortho nitro benzene ring substituents is 1. The Labute approximate surface area is 204 Å². The number of amides is 2. The van der Waals surface area contributed by atoms with E-state index in [0.29, 0.717) is 9.13 Å². The Kier molecular flexibility index (Phi) is 7.17. The van der Waals surface area contributed by atoms with E-state index in [1.54, 1.807) is 13.0 Å². The molecule has 0 spiro atoms. The van der Waals surface area contributed by atoms with Gasteiger partial charge in [0.25, 0.3) is 17.5 Å². The van der Waals surface area contributed by atoms with Crippen molar-refractivity contribution in [1.29, 1.82) is 0 Å². The molecular weight excluding hydrogens is 571 g/mol. The third-order valence-corrected chi connectivity index (χ3v) is 5.15. The largest absolute Gasteiger partial charge is 0.490 e. The van der Waals surface area contributed by atoms with Gasteiger partial charge in [0, 0.05) is 6.07 Å². The van der Waals surface area contributed by atoms with Gasteiger partial charge < -0.3 is 9.47 Å². The summed E-state index contributed by atoms with van der Waals surface area (Å²) in [6.45, 7) is 1.92. The first kappa shape index (κ1) is 24.0. The first-order chi connectivity index (χ1) is 15.6. The molecule has 0 saturated carbocycles. The number of nitro groups is 2. The molecule has 0 aliphatic carbocycles. The summed E-state index contributed by atoms with van der Waals surface area (Å²) in [5.74, 6) is -1.27. The van der Waals surface area contributed by atoms with Crippen molar-refractivity contribution in [2.75, 3.05) is 6.61 Å².